The lowest BCUT2D eigenvalue weighted by molar-refractivity contribution is -0.155. The minimum absolute atomic E-state index is 0.00881. The molecule has 149 heavy (non-hydrogen) atoms. The van der Waals surface area contributed by atoms with E-state index in [1.807, 2.05) is 159 Å². The lowest BCUT2D eigenvalue weighted by atomic mass is 10.1. The smallest absolute Gasteiger partial charge is 0.333 e. The fourth-order valence-electron chi connectivity index (χ4n) is 10.7. The van der Waals surface area contributed by atoms with E-state index >= 15 is 0 Å². The molecule has 0 rings (SSSR count). The van der Waals surface area contributed by atoms with Gasteiger partial charge in [-0.1, -0.05) is 124 Å². The Hall–Kier alpha value is -11.0. The molecule has 0 heterocycles. The standard InChI is InChI=1S/C14H25NO2.C13H23NO3.C13H25NO2.C13H24O3.C12H21NO3.C12H22O3.C11H19NO2.C10H17NO3.C9H17NO2.C9H16O3/c1-4-13(16)10-8-6-5-7-9-11-14(17)15-12(2)3;1-4-13(16)17-10-8-6-5-7-9-12(15)14-11(2)3;1-4-10-16-11-8-6-5-7-9-13(15)14-12(2)3;1-11(2)13(14)16-10-8-6-5-7-9-15-12(3)4;1-9(2)12(15)16-8-6-5-7-11(14)13-10(3)4;1-10(2)14-9-7-6-8-11(13)15-12(3,4)5;1-8(2)10(13)6-5-7-11(14)12-9(3)4;1-7(2)10(13)14-6-5-9(12)11-8(3)4;1-7(2)10-9(11)5-6-12-8(3)4;1-7(2)11-6-5-9(10)12-8(3)4/h4,12H,1,5-11H2,2-3H3,(H,15,17);4,11H,1,5-10H2,2-3H3,(H,14,15);4,12H,1,5-11H2,2-3H3,(H,14,15);11H,3,5-10H2,1-2,4H3;10H,1,5-8H2,2-4H3,(H,13,14);1,6-9H2,2-5H3;9H,1,5-7H2,2-4H3,(H,12,14);8H,1,5-6H2,2-4H3,(H,11,12);7H,3,5-6H2,1-2,4H3,(H,10,11);8H,1,5-6H2,2-4H3. The van der Waals surface area contributed by atoms with Gasteiger partial charge in [0, 0.05) is 117 Å². The molecule has 0 aromatic heterocycles. The number of carbonyl (C=O) groups excluding carboxylic acids is 15. The molecule has 0 aromatic carbocycles. The summed E-state index contributed by atoms with van der Waals surface area (Å²) in [5, 5.41) is 19.6. The first-order valence-electron chi connectivity index (χ1n) is 53.2. The van der Waals surface area contributed by atoms with Gasteiger partial charge in [0.25, 0.3) is 0 Å². The summed E-state index contributed by atoms with van der Waals surface area (Å²) in [5.41, 5.74) is 0.923. The quantitative estimate of drug-likeness (QED) is 0.00742. The fraction of sp³-hybridized carbons (Fsp3) is 0.698. The molecule has 33 heteroatoms. The van der Waals surface area contributed by atoms with Crippen molar-refractivity contribution in [2.45, 2.75) is 460 Å². The molecule has 864 valence electrons. The van der Waals surface area contributed by atoms with Gasteiger partial charge < -0.3 is 89.3 Å². The minimum Gasteiger partial charge on any atom is -0.499 e. The van der Waals surface area contributed by atoms with Gasteiger partial charge >= 0.3 is 35.8 Å². The first-order chi connectivity index (χ1) is 69.5. The maximum absolute atomic E-state index is 11.3. The Morgan fingerprint density at radius 3 is 0.846 bits per heavy atom. The average molecular weight is 2120 g/mol. The number of ether oxygens (including phenoxy) is 11. The number of nitrogens with one attached hydrogen (secondary N) is 7. The molecule has 33 nitrogen and oxygen atoms in total. The largest absolute Gasteiger partial charge is 0.499 e. The second-order valence-corrected chi connectivity index (χ2v) is 39.2. The van der Waals surface area contributed by atoms with Crippen LogP contribution in [0.1, 0.15) is 406 Å². The van der Waals surface area contributed by atoms with Gasteiger partial charge in [-0.05, 0) is 288 Å². The Balaban J connectivity index is -0.000000180. The molecule has 0 saturated heterocycles. The summed E-state index contributed by atoms with van der Waals surface area (Å²) in [5.74, 6) is 1.59. The molecule has 0 saturated carbocycles. The zero-order valence-electron chi connectivity index (χ0n) is 98.0. The maximum Gasteiger partial charge on any atom is 0.333 e. The zero-order valence-corrected chi connectivity index (χ0v) is 98.0. The summed E-state index contributed by atoms with van der Waals surface area (Å²) >= 11 is 0. The van der Waals surface area contributed by atoms with Gasteiger partial charge in [0.1, 0.15) is 12.2 Å². The molecule has 0 aliphatic carbocycles. The second kappa shape index (κ2) is 110. The fourth-order valence-corrected chi connectivity index (χ4v) is 10.7. The van der Waals surface area contributed by atoms with E-state index in [2.05, 4.69) is 103 Å². The number of hydrogen-bond donors (Lipinski definition) is 7. The summed E-state index contributed by atoms with van der Waals surface area (Å²) in [4.78, 5) is 166. The number of hydrogen-bond acceptors (Lipinski definition) is 26. The number of amides is 7. The third kappa shape index (κ3) is 155. The summed E-state index contributed by atoms with van der Waals surface area (Å²) in [6, 6.07) is 1.34. The minimum atomic E-state index is -0.456. The summed E-state index contributed by atoms with van der Waals surface area (Å²) in [6.07, 6.45) is 30.2. The van der Waals surface area contributed by atoms with Crippen LogP contribution in [0.25, 0.3) is 0 Å². The number of Topliss-reactive ketones (excluding diaryl/α,β-unsaturated/α-hetero) is 1. The lowest BCUT2D eigenvalue weighted by Gasteiger charge is -2.19. The van der Waals surface area contributed by atoms with Gasteiger partial charge in [-0.2, -0.15) is 0 Å². The summed E-state index contributed by atoms with van der Waals surface area (Å²) in [7, 11) is 0. The van der Waals surface area contributed by atoms with Crippen LogP contribution in [0.15, 0.2) is 124 Å². The van der Waals surface area contributed by atoms with E-state index in [9.17, 15) is 71.9 Å². The molecule has 0 aliphatic heterocycles. The van der Waals surface area contributed by atoms with Crippen LogP contribution in [0.4, 0.5) is 0 Å². The Kier molecular flexibility index (Phi) is 116. The van der Waals surface area contributed by atoms with Crippen LogP contribution in [-0.4, -0.2) is 209 Å². The Morgan fingerprint density at radius 1 is 0.268 bits per heavy atom. The molecule has 7 N–H and O–H groups in total. The lowest BCUT2D eigenvalue weighted by Crippen LogP contribution is -2.31. The van der Waals surface area contributed by atoms with Gasteiger partial charge in [-0.15, -0.1) is 6.58 Å². The van der Waals surface area contributed by atoms with Crippen molar-refractivity contribution in [1.29, 1.82) is 0 Å². The van der Waals surface area contributed by atoms with Crippen LogP contribution >= 0.6 is 0 Å². The molecule has 0 fully saturated rings. The van der Waals surface area contributed by atoms with E-state index in [0.29, 0.717) is 151 Å². The molecule has 0 atom stereocenters. The van der Waals surface area contributed by atoms with Crippen LogP contribution in [0, 0.1) is 5.92 Å². The molecular weight excluding hydrogens is 1910 g/mol. The predicted molar refractivity (Wildman–Crippen MR) is 600 cm³/mol. The van der Waals surface area contributed by atoms with Crippen molar-refractivity contribution in [3.05, 3.63) is 124 Å². The highest BCUT2D eigenvalue weighted by Crippen LogP contribution is 2.14. The highest BCUT2D eigenvalue weighted by atomic mass is 16.6. The molecule has 0 bridgehead atoms. The Morgan fingerprint density at radius 2 is 0.537 bits per heavy atom. The van der Waals surface area contributed by atoms with Crippen molar-refractivity contribution in [2.75, 3.05) is 66.1 Å². The summed E-state index contributed by atoms with van der Waals surface area (Å²) < 4.78 is 55.3. The molecule has 0 radical (unpaired) electrons. The second-order valence-electron chi connectivity index (χ2n) is 39.2. The molecule has 0 aromatic rings. The molecule has 0 unspecified atom stereocenters. The molecular formula is C116H209N7O26. The topological polar surface area (TPSA) is 442 Å². The molecule has 7 amide bonds. The third-order valence-electron chi connectivity index (χ3n) is 17.5. The van der Waals surface area contributed by atoms with Crippen LogP contribution < -0.4 is 37.2 Å². The monoisotopic (exact) mass is 2120 g/mol. The van der Waals surface area contributed by atoms with Crippen molar-refractivity contribution in [2.24, 2.45) is 5.92 Å². The van der Waals surface area contributed by atoms with Gasteiger partial charge in [0.15, 0.2) is 11.6 Å². The number of ketones is 2. The predicted octanol–water partition coefficient (Wildman–Crippen LogP) is 22.2. The summed E-state index contributed by atoms with van der Waals surface area (Å²) in [6.45, 7) is 92.2. The van der Waals surface area contributed by atoms with Crippen LogP contribution in [0.5, 0.6) is 0 Å². The molecule has 0 aliphatic rings. The van der Waals surface area contributed by atoms with Gasteiger partial charge in [-0.3, -0.25) is 57.5 Å². The first-order valence-corrected chi connectivity index (χ1v) is 53.2. The average Bonchev–Trinajstić information content (AvgIpc) is 0.947. The highest BCUT2D eigenvalue weighted by Gasteiger charge is 2.18. The van der Waals surface area contributed by atoms with Gasteiger partial charge in [0.2, 0.25) is 41.4 Å². The Bertz CT molecular complexity index is 3580. The van der Waals surface area contributed by atoms with Crippen LogP contribution in [0.3, 0.4) is 0 Å². The van der Waals surface area contributed by atoms with E-state index in [0.717, 1.165) is 153 Å². The number of unbranched alkanes of at least 4 members (excludes halogenated alkanes) is 15. The zero-order chi connectivity index (χ0) is 117. The van der Waals surface area contributed by atoms with E-state index < -0.39 is 5.97 Å². The van der Waals surface area contributed by atoms with Crippen LogP contribution in [-0.2, 0) is 124 Å². The van der Waals surface area contributed by atoms with Crippen molar-refractivity contribution < 1.29 is 124 Å². The van der Waals surface area contributed by atoms with E-state index in [-0.39, 0.29) is 162 Å². The number of esters is 6. The number of rotatable bonds is 72. The van der Waals surface area contributed by atoms with Crippen molar-refractivity contribution in [1.82, 2.24) is 37.2 Å². The first kappa shape index (κ1) is 158. The maximum atomic E-state index is 11.3. The van der Waals surface area contributed by atoms with Crippen molar-refractivity contribution >= 4 is 88.7 Å². The third-order valence-corrected chi connectivity index (χ3v) is 17.5. The van der Waals surface area contributed by atoms with Gasteiger partial charge in [-0.25, -0.2) is 14.4 Å². The number of allylic oxidation sites excluding steroid dienone is 6. The SMILES string of the molecule is C=C(C)C(=O)CCCC(=O)NC(C)C.C=C(C)C(=O)OCCC(=O)NC(C)C.C=C(C)C(=O)OCCCCC(=O)NC(C)C.C=C(C)OCCC(=O)NC(C)C.C=C(C)OCCC(=O)OC(C)C.C=C(C)OCCCCC(=O)OC(C)(C)C.C=C(C)OCCCCCCOC(=O)C(C)C.C=CC(=O)CCCCCCCC(=O)NC(C)C.C=CC(=O)OCCCCCCC(=O)NC(C)C.C=CCOCCCCCCC(=O)NC(C)C. The normalized spacial score (nSPS) is 10.1. The number of carbonyl (C=O) groups is 15. The van der Waals surface area contributed by atoms with Crippen molar-refractivity contribution in [3.63, 3.8) is 0 Å². The van der Waals surface area contributed by atoms with Crippen molar-refractivity contribution in [3.8, 4) is 0 Å². The highest BCUT2D eigenvalue weighted by molar-refractivity contribution is 5.94. The van der Waals surface area contributed by atoms with E-state index in [1.165, 1.54) is 6.08 Å². The Labute approximate surface area is 900 Å². The van der Waals surface area contributed by atoms with Gasteiger partial charge in [0.05, 0.1) is 107 Å². The van der Waals surface area contributed by atoms with E-state index in [1.54, 1.807) is 40.7 Å². The van der Waals surface area contributed by atoms with E-state index in [4.69, 9.17) is 52.1 Å². The van der Waals surface area contributed by atoms with Crippen LogP contribution in [0.2, 0.25) is 0 Å². The molecule has 0 spiro atoms.